The quantitative estimate of drug-likeness (QED) is 0.336. The normalized spacial score (nSPS) is 10.7. The number of rotatable bonds is 5. The first kappa shape index (κ1) is 15.6. The van der Waals surface area contributed by atoms with Crippen molar-refractivity contribution in [2.75, 3.05) is 0 Å². The molecular formula is C18H13NO5. The predicted octanol–water partition coefficient (Wildman–Crippen LogP) is 2.73. The molecule has 0 bridgehead atoms. The number of carboxylic acid groups (broad SMARTS) is 1. The Morgan fingerprint density at radius 3 is 2.58 bits per heavy atom. The smallest absolute Gasteiger partial charge is 0.379 e. The first-order chi connectivity index (χ1) is 11.5. The summed E-state index contributed by atoms with van der Waals surface area (Å²) in [5.74, 6) is -2.86. The number of esters is 1. The Balaban J connectivity index is 1.87. The highest BCUT2D eigenvalue weighted by atomic mass is 16.5. The van der Waals surface area contributed by atoms with E-state index in [1.165, 1.54) is 0 Å². The second-order valence-electron chi connectivity index (χ2n) is 5.23. The SMILES string of the molecule is O=C(O)CCC(=O)C(=O)Oc1ccc2ncc3ccccc3c2c1. The van der Waals surface area contributed by atoms with Crippen LogP contribution in [-0.4, -0.2) is 27.8 Å². The highest BCUT2D eigenvalue weighted by Gasteiger charge is 2.18. The number of nitrogens with zero attached hydrogens (tertiary/aromatic N) is 1. The fourth-order valence-corrected chi connectivity index (χ4v) is 2.39. The van der Waals surface area contributed by atoms with Crippen molar-refractivity contribution in [1.82, 2.24) is 4.98 Å². The minimum atomic E-state index is -1.14. The molecule has 0 atom stereocenters. The molecule has 3 rings (SSSR count). The van der Waals surface area contributed by atoms with Gasteiger partial charge in [0, 0.05) is 23.4 Å². The molecule has 0 saturated heterocycles. The molecule has 0 radical (unpaired) electrons. The Morgan fingerprint density at radius 2 is 1.79 bits per heavy atom. The van der Waals surface area contributed by atoms with E-state index in [4.69, 9.17) is 9.84 Å². The molecule has 0 saturated carbocycles. The van der Waals surface area contributed by atoms with E-state index in [2.05, 4.69) is 4.98 Å². The molecule has 0 aliphatic heterocycles. The highest BCUT2D eigenvalue weighted by molar-refractivity contribution is 6.34. The van der Waals surface area contributed by atoms with Crippen molar-refractivity contribution in [3.8, 4) is 5.75 Å². The van der Waals surface area contributed by atoms with Crippen LogP contribution in [-0.2, 0) is 14.4 Å². The van der Waals surface area contributed by atoms with Crippen LogP contribution >= 0.6 is 0 Å². The zero-order valence-electron chi connectivity index (χ0n) is 12.6. The Kier molecular flexibility index (Phi) is 4.20. The summed E-state index contributed by atoms with van der Waals surface area (Å²) >= 11 is 0. The van der Waals surface area contributed by atoms with Crippen molar-refractivity contribution in [2.45, 2.75) is 12.8 Å². The van der Waals surface area contributed by atoms with Crippen LogP contribution in [0.1, 0.15) is 12.8 Å². The largest absolute Gasteiger partial charge is 0.481 e. The molecule has 6 nitrogen and oxygen atoms in total. The number of carboxylic acids is 1. The molecule has 1 N–H and O–H groups in total. The number of carbonyl (C=O) groups is 3. The third-order valence-electron chi connectivity index (χ3n) is 3.57. The molecule has 0 amide bonds. The van der Waals surface area contributed by atoms with Gasteiger partial charge in [0.25, 0.3) is 0 Å². The van der Waals surface area contributed by atoms with Crippen molar-refractivity contribution in [2.24, 2.45) is 0 Å². The van der Waals surface area contributed by atoms with Gasteiger partial charge in [-0.05, 0) is 23.6 Å². The molecule has 1 aromatic heterocycles. The van der Waals surface area contributed by atoms with E-state index in [0.717, 1.165) is 21.7 Å². The zero-order valence-corrected chi connectivity index (χ0v) is 12.6. The number of Topliss-reactive ketones (excluding diaryl/α,β-unsaturated/α-hetero) is 1. The summed E-state index contributed by atoms with van der Waals surface area (Å²) in [5.41, 5.74) is 0.741. The summed E-state index contributed by atoms with van der Waals surface area (Å²) in [6, 6.07) is 12.6. The fraction of sp³-hybridized carbons (Fsp3) is 0.111. The third kappa shape index (κ3) is 3.22. The Hall–Kier alpha value is -3.28. The molecular weight excluding hydrogens is 310 g/mol. The van der Waals surface area contributed by atoms with Crippen molar-refractivity contribution in [3.05, 3.63) is 48.7 Å². The standard InChI is InChI=1S/C18H13NO5/c20-16(7-8-17(21)22)18(23)24-12-5-6-15-14(9-12)13-4-2-1-3-11(13)10-19-15/h1-6,9-10H,7-8H2,(H,21,22). The minimum absolute atomic E-state index is 0.217. The van der Waals surface area contributed by atoms with E-state index >= 15 is 0 Å². The maximum absolute atomic E-state index is 11.7. The summed E-state index contributed by atoms with van der Waals surface area (Å²) < 4.78 is 5.06. The van der Waals surface area contributed by atoms with Crippen LogP contribution in [0.3, 0.4) is 0 Å². The molecule has 3 aromatic rings. The van der Waals surface area contributed by atoms with E-state index in [9.17, 15) is 14.4 Å². The number of hydrogen-bond acceptors (Lipinski definition) is 5. The average Bonchev–Trinajstić information content (AvgIpc) is 2.59. The molecule has 24 heavy (non-hydrogen) atoms. The number of carbonyl (C=O) groups excluding carboxylic acids is 2. The lowest BCUT2D eigenvalue weighted by Crippen LogP contribution is -2.21. The number of ketones is 1. The first-order valence-electron chi connectivity index (χ1n) is 7.29. The van der Waals surface area contributed by atoms with Crippen LogP contribution in [0, 0.1) is 0 Å². The van der Waals surface area contributed by atoms with E-state index in [0.29, 0.717) is 0 Å². The van der Waals surface area contributed by atoms with Gasteiger partial charge in [-0.1, -0.05) is 24.3 Å². The Bertz CT molecular complexity index is 964. The summed E-state index contributed by atoms with van der Waals surface area (Å²) in [4.78, 5) is 38.1. The lowest BCUT2D eigenvalue weighted by molar-refractivity contribution is -0.148. The molecule has 120 valence electrons. The predicted molar refractivity (Wildman–Crippen MR) is 86.8 cm³/mol. The van der Waals surface area contributed by atoms with E-state index in [1.54, 1.807) is 24.4 Å². The van der Waals surface area contributed by atoms with Crippen LogP contribution in [0.2, 0.25) is 0 Å². The Labute approximate surface area is 136 Å². The van der Waals surface area contributed by atoms with Gasteiger partial charge in [-0.3, -0.25) is 14.6 Å². The van der Waals surface area contributed by atoms with E-state index in [1.807, 2.05) is 24.3 Å². The number of hydrogen-bond donors (Lipinski definition) is 1. The van der Waals surface area contributed by atoms with Gasteiger partial charge in [0.05, 0.1) is 11.9 Å². The maximum atomic E-state index is 11.7. The molecule has 0 spiro atoms. The summed E-state index contributed by atoms with van der Waals surface area (Å²) in [6.45, 7) is 0. The van der Waals surface area contributed by atoms with Crippen LogP contribution in [0.25, 0.3) is 21.7 Å². The molecule has 6 heteroatoms. The Morgan fingerprint density at radius 1 is 1.00 bits per heavy atom. The van der Waals surface area contributed by atoms with Crippen molar-refractivity contribution < 1.29 is 24.2 Å². The summed E-state index contributed by atoms with van der Waals surface area (Å²) in [5, 5.41) is 11.2. The molecule has 0 fully saturated rings. The number of ether oxygens (including phenoxy) is 1. The number of pyridine rings is 1. The minimum Gasteiger partial charge on any atom is -0.481 e. The van der Waals surface area contributed by atoms with Gasteiger partial charge < -0.3 is 9.84 Å². The molecule has 0 aliphatic rings. The topological polar surface area (TPSA) is 93.6 Å². The number of aromatic nitrogens is 1. The monoisotopic (exact) mass is 323 g/mol. The molecule has 1 heterocycles. The average molecular weight is 323 g/mol. The summed E-state index contributed by atoms with van der Waals surface area (Å²) in [7, 11) is 0. The van der Waals surface area contributed by atoms with Gasteiger partial charge in [-0.25, -0.2) is 4.79 Å². The van der Waals surface area contributed by atoms with Gasteiger partial charge in [0.2, 0.25) is 5.78 Å². The van der Waals surface area contributed by atoms with Crippen molar-refractivity contribution >= 4 is 39.4 Å². The van der Waals surface area contributed by atoms with E-state index in [-0.39, 0.29) is 12.2 Å². The van der Waals surface area contributed by atoms with Crippen LogP contribution in [0.15, 0.2) is 48.7 Å². The number of fused-ring (bicyclic) bond motifs is 3. The van der Waals surface area contributed by atoms with Gasteiger partial charge in [0.1, 0.15) is 5.75 Å². The van der Waals surface area contributed by atoms with Crippen molar-refractivity contribution in [1.29, 1.82) is 0 Å². The third-order valence-corrected chi connectivity index (χ3v) is 3.57. The number of aliphatic carboxylic acids is 1. The lowest BCUT2D eigenvalue weighted by atomic mass is 10.1. The van der Waals surface area contributed by atoms with Crippen LogP contribution in [0.4, 0.5) is 0 Å². The van der Waals surface area contributed by atoms with E-state index < -0.39 is 24.1 Å². The van der Waals surface area contributed by atoms with Gasteiger partial charge in [-0.15, -0.1) is 0 Å². The lowest BCUT2D eigenvalue weighted by Gasteiger charge is -2.07. The zero-order chi connectivity index (χ0) is 17.1. The summed E-state index contributed by atoms with van der Waals surface area (Å²) in [6.07, 6.45) is 0.977. The number of benzene rings is 2. The van der Waals surface area contributed by atoms with Gasteiger partial charge in [-0.2, -0.15) is 0 Å². The maximum Gasteiger partial charge on any atom is 0.379 e. The van der Waals surface area contributed by atoms with Gasteiger partial charge >= 0.3 is 11.9 Å². The second kappa shape index (κ2) is 6.45. The first-order valence-corrected chi connectivity index (χ1v) is 7.29. The molecule has 2 aromatic carbocycles. The molecule has 0 aliphatic carbocycles. The van der Waals surface area contributed by atoms with Crippen molar-refractivity contribution in [3.63, 3.8) is 0 Å². The van der Waals surface area contributed by atoms with Gasteiger partial charge in [0.15, 0.2) is 0 Å². The fourth-order valence-electron chi connectivity index (χ4n) is 2.39. The van der Waals surface area contributed by atoms with Crippen LogP contribution < -0.4 is 4.74 Å². The molecule has 0 unspecified atom stereocenters. The second-order valence-corrected chi connectivity index (χ2v) is 5.23. The van der Waals surface area contributed by atoms with Crippen LogP contribution in [0.5, 0.6) is 5.75 Å². The highest BCUT2D eigenvalue weighted by Crippen LogP contribution is 2.27.